The minimum Gasteiger partial charge on any atom is -0.492 e. The van der Waals surface area contributed by atoms with Crippen molar-refractivity contribution in [1.82, 2.24) is 4.57 Å². The van der Waals surface area contributed by atoms with Crippen LogP contribution in [-0.4, -0.2) is 30.4 Å². The van der Waals surface area contributed by atoms with Gasteiger partial charge in [-0.1, -0.05) is 39.3 Å². The zero-order valence-corrected chi connectivity index (χ0v) is 18.8. The molecule has 1 aromatic carbocycles. The second kappa shape index (κ2) is 9.13. The van der Waals surface area contributed by atoms with E-state index >= 15 is 0 Å². The zero-order chi connectivity index (χ0) is 22.0. The molecule has 6 nitrogen and oxygen atoms in total. The van der Waals surface area contributed by atoms with Gasteiger partial charge in [-0.25, -0.2) is 4.79 Å². The van der Waals surface area contributed by atoms with Crippen LogP contribution in [0, 0.1) is 11.8 Å². The smallest absolute Gasteiger partial charge is 0.343 e. The summed E-state index contributed by atoms with van der Waals surface area (Å²) in [6.45, 7) is 11.1. The Bertz CT molecular complexity index is 996. The summed E-state index contributed by atoms with van der Waals surface area (Å²) in [6, 6.07) is 4.90. The molecule has 1 aliphatic heterocycles. The molecule has 0 saturated heterocycles. The quantitative estimate of drug-likeness (QED) is 0.601. The number of rotatable bonds is 6. The second-order valence-corrected chi connectivity index (χ2v) is 8.58. The van der Waals surface area contributed by atoms with Crippen molar-refractivity contribution in [2.24, 2.45) is 11.8 Å². The second-order valence-electron chi connectivity index (χ2n) is 8.17. The van der Waals surface area contributed by atoms with E-state index in [9.17, 15) is 9.59 Å². The third-order valence-electron chi connectivity index (χ3n) is 4.99. The summed E-state index contributed by atoms with van der Waals surface area (Å²) in [5.41, 5.74) is 0.952. The monoisotopic (exact) mass is 433 g/mol. The lowest BCUT2D eigenvalue weighted by molar-refractivity contribution is 0.0523. The Morgan fingerprint density at radius 1 is 1.27 bits per heavy atom. The molecular formula is C23H28ClNO5. The Morgan fingerprint density at radius 3 is 2.63 bits per heavy atom. The molecular weight excluding hydrogens is 406 g/mol. The van der Waals surface area contributed by atoms with E-state index in [2.05, 4.69) is 27.7 Å². The molecule has 0 N–H and O–H groups in total. The zero-order valence-electron chi connectivity index (χ0n) is 18.0. The molecule has 0 radical (unpaired) electrons. The van der Waals surface area contributed by atoms with Gasteiger partial charge in [-0.15, -0.1) is 0 Å². The van der Waals surface area contributed by atoms with Crippen molar-refractivity contribution < 1.29 is 19.0 Å². The Morgan fingerprint density at radius 2 is 2.00 bits per heavy atom. The molecule has 0 unspecified atom stereocenters. The Hall–Kier alpha value is -2.47. The van der Waals surface area contributed by atoms with Gasteiger partial charge in [0.2, 0.25) is 0 Å². The minimum atomic E-state index is -0.624. The molecule has 3 rings (SSSR count). The summed E-state index contributed by atoms with van der Waals surface area (Å²) in [4.78, 5) is 25.0. The molecule has 0 saturated carbocycles. The normalized spacial score (nSPS) is 15.3. The number of ether oxygens (including phenoxy) is 3. The average molecular weight is 434 g/mol. The molecule has 0 spiro atoms. The number of aromatic nitrogens is 1. The summed E-state index contributed by atoms with van der Waals surface area (Å²) in [6.07, 6.45) is 1.58. The lowest BCUT2D eigenvalue weighted by atomic mass is 10.0. The molecule has 0 bridgehead atoms. The van der Waals surface area contributed by atoms with Crippen LogP contribution in [0.5, 0.6) is 11.5 Å². The first-order valence-corrected chi connectivity index (χ1v) is 10.6. The van der Waals surface area contributed by atoms with Crippen molar-refractivity contribution >= 4 is 17.6 Å². The number of benzene rings is 1. The summed E-state index contributed by atoms with van der Waals surface area (Å²) < 4.78 is 18.9. The molecule has 1 aromatic heterocycles. The first-order chi connectivity index (χ1) is 14.2. The van der Waals surface area contributed by atoms with Gasteiger partial charge in [0.15, 0.2) is 5.43 Å². The van der Waals surface area contributed by atoms with Crippen LogP contribution in [0.25, 0.3) is 11.3 Å². The van der Waals surface area contributed by atoms with E-state index in [1.54, 1.807) is 25.3 Å². The first-order valence-electron chi connectivity index (χ1n) is 10.3. The number of hydrogen-bond acceptors (Lipinski definition) is 5. The van der Waals surface area contributed by atoms with Crippen molar-refractivity contribution in [3.63, 3.8) is 0 Å². The Balaban J connectivity index is 2.16. The molecule has 30 heavy (non-hydrogen) atoms. The van der Waals surface area contributed by atoms with Gasteiger partial charge in [0.25, 0.3) is 0 Å². The topological polar surface area (TPSA) is 66.8 Å². The first kappa shape index (κ1) is 22.2. The van der Waals surface area contributed by atoms with Crippen LogP contribution < -0.4 is 14.9 Å². The van der Waals surface area contributed by atoms with Crippen LogP contribution in [0.1, 0.15) is 51.0 Å². The van der Waals surface area contributed by atoms with E-state index in [-0.39, 0.29) is 24.1 Å². The number of halogens is 1. The van der Waals surface area contributed by atoms with Gasteiger partial charge in [-0.3, -0.25) is 4.79 Å². The molecule has 162 valence electrons. The van der Waals surface area contributed by atoms with E-state index in [0.717, 1.165) is 0 Å². The molecule has 2 heterocycles. The van der Waals surface area contributed by atoms with Gasteiger partial charge < -0.3 is 18.8 Å². The van der Waals surface area contributed by atoms with E-state index in [1.165, 1.54) is 6.07 Å². The van der Waals surface area contributed by atoms with Gasteiger partial charge >= 0.3 is 5.97 Å². The molecule has 1 aliphatic rings. The summed E-state index contributed by atoms with van der Waals surface area (Å²) in [7, 11) is 0. The SMILES string of the molecule is CCOC(=O)c1cn2c(cc1=O)-c1cc(Cl)c(OCC(C)C)cc1OC[C@H]2C(C)C. The van der Waals surface area contributed by atoms with Gasteiger partial charge in [0.1, 0.15) is 23.7 Å². The Labute approximate surface area is 181 Å². The van der Waals surface area contributed by atoms with Crippen LogP contribution in [0.15, 0.2) is 29.2 Å². The van der Waals surface area contributed by atoms with Gasteiger partial charge in [0.05, 0.1) is 30.0 Å². The lowest BCUT2D eigenvalue weighted by Gasteiger charge is -2.24. The fraction of sp³-hybridized carbons (Fsp3) is 0.478. The molecule has 2 aromatic rings. The van der Waals surface area contributed by atoms with Crippen molar-refractivity contribution in [3.05, 3.63) is 45.2 Å². The average Bonchev–Trinajstić information content (AvgIpc) is 2.82. The predicted octanol–water partition coefficient (Wildman–Crippen LogP) is 4.97. The highest BCUT2D eigenvalue weighted by atomic mass is 35.5. The van der Waals surface area contributed by atoms with Crippen LogP contribution in [0.3, 0.4) is 0 Å². The Kier molecular flexibility index (Phi) is 6.76. The van der Waals surface area contributed by atoms with Gasteiger partial charge in [0, 0.05) is 23.9 Å². The number of fused-ring (bicyclic) bond motifs is 3. The highest BCUT2D eigenvalue weighted by molar-refractivity contribution is 6.32. The number of carbonyl (C=O) groups is 1. The summed E-state index contributed by atoms with van der Waals surface area (Å²) in [5, 5.41) is 0.439. The van der Waals surface area contributed by atoms with Crippen LogP contribution >= 0.6 is 11.6 Å². The minimum absolute atomic E-state index is 0.0117. The van der Waals surface area contributed by atoms with Crippen molar-refractivity contribution in [2.75, 3.05) is 19.8 Å². The molecule has 1 atom stereocenters. The highest BCUT2D eigenvalue weighted by Crippen LogP contribution is 2.42. The van der Waals surface area contributed by atoms with Crippen LogP contribution in [-0.2, 0) is 4.74 Å². The van der Waals surface area contributed by atoms with E-state index in [1.807, 2.05) is 4.57 Å². The van der Waals surface area contributed by atoms with E-state index in [0.29, 0.717) is 46.9 Å². The maximum Gasteiger partial charge on any atom is 0.343 e. The van der Waals surface area contributed by atoms with Gasteiger partial charge in [-0.05, 0) is 24.8 Å². The maximum absolute atomic E-state index is 12.7. The fourth-order valence-corrected chi connectivity index (χ4v) is 3.61. The number of nitrogens with zero attached hydrogens (tertiary/aromatic N) is 1. The van der Waals surface area contributed by atoms with E-state index in [4.69, 9.17) is 25.8 Å². The predicted molar refractivity (Wildman–Crippen MR) is 117 cm³/mol. The molecule has 7 heteroatoms. The summed E-state index contributed by atoms with van der Waals surface area (Å²) >= 11 is 6.48. The molecule has 0 amide bonds. The van der Waals surface area contributed by atoms with Gasteiger partial charge in [-0.2, -0.15) is 0 Å². The molecule has 0 fully saturated rings. The maximum atomic E-state index is 12.7. The largest absolute Gasteiger partial charge is 0.492 e. The van der Waals surface area contributed by atoms with Crippen LogP contribution in [0.4, 0.5) is 0 Å². The number of carbonyl (C=O) groups excluding carboxylic acids is 1. The van der Waals surface area contributed by atoms with E-state index < -0.39 is 11.4 Å². The van der Waals surface area contributed by atoms with Crippen molar-refractivity contribution in [2.45, 2.75) is 40.7 Å². The van der Waals surface area contributed by atoms with Crippen molar-refractivity contribution in [1.29, 1.82) is 0 Å². The number of hydrogen-bond donors (Lipinski definition) is 0. The van der Waals surface area contributed by atoms with Crippen LogP contribution in [0.2, 0.25) is 5.02 Å². The molecule has 0 aliphatic carbocycles. The third-order valence-corrected chi connectivity index (χ3v) is 5.29. The summed E-state index contributed by atoms with van der Waals surface area (Å²) in [5.74, 6) is 1.07. The lowest BCUT2D eigenvalue weighted by Crippen LogP contribution is -2.26. The highest BCUT2D eigenvalue weighted by Gasteiger charge is 2.28. The number of pyridine rings is 1. The van der Waals surface area contributed by atoms with Crippen molar-refractivity contribution in [3.8, 4) is 22.8 Å². The third kappa shape index (κ3) is 4.48. The number of esters is 1. The standard InChI is InChI=1S/C23H28ClNO5/c1-6-28-23(27)16-10-25-18(8-20(16)26)15-7-17(24)22(29-11-13(2)3)9-21(15)30-12-19(25)14(4)5/h7-10,13-14,19H,6,11-12H2,1-5H3/t19-/m0/s1. The fourth-order valence-electron chi connectivity index (χ4n) is 3.39.